The minimum absolute atomic E-state index is 0.0166. The molecule has 27 heavy (non-hydrogen) atoms. The van der Waals surface area contributed by atoms with Gasteiger partial charge in [0.15, 0.2) is 6.61 Å². The normalized spacial score (nSPS) is 14.7. The molecule has 142 valence electrons. The van der Waals surface area contributed by atoms with E-state index in [9.17, 15) is 9.59 Å². The number of carbonyl (C=O) groups is 2. The molecule has 0 saturated carbocycles. The van der Waals surface area contributed by atoms with Gasteiger partial charge in [-0.25, -0.2) is 0 Å². The van der Waals surface area contributed by atoms with Crippen LogP contribution in [0.4, 0.5) is 0 Å². The van der Waals surface area contributed by atoms with Gasteiger partial charge in [-0.2, -0.15) is 0 Å². The Morgan fingerprint density at radius 1 is 1.15 bits per heavy atom. The maximum atomic E-state index is 12.4. The van der Waals surface area contributed by atoms with E-state index in [0.717, 1.165) is 22.9 Å². The first-order valence-electron chi connectivity index (χ1n) is 9.05. The predicted octanol–water partition coefficient (Wildman–Crippen LogP) is 3.56. The molecule has 1 aliphatic heterocycles. The third kappa shape index (κ3) is 5.32. The van der Waals surface area contributed by atoms with Crippen LogP contribution in [0, 0.1) is 6.92 Å². The summed E-state index contributed by atoms with van der Waals surface area (Å²) in [6.45, 7) is 3.26. The van der Waals surface area contributed by atoms with Crippen molar-refractivity contribution in [2.45, 2.75) is 25.8 Å². The lowest BCUT2D eigenvalue weighted by molar-refractivity contribution is -0.134. The average Bonchev–Trinajstić information content (AvgIpc) is 2.68. The SMILES string of the molecule is Cc1ccc(OCC(=O)N2CCC(NC(=O)c3ccccc3)CC2)c(Br)c1. The highest BCUT2D eigenvalue weighted by Crippen LogP contribution is 2.25. The number of hydrogen-bond donors (Lipinski definition) is 1. The van der Waals surface area contributed by atoms with Crippen LogP contribution in [0.5, 0.6) is 5.75 Å². The van der Waals surface area contributed by atoms with Crippen molar-refractivity contribution < 1.29 is 14.3 Å². The van der Waals surface area contributed by atoms with Crippen molar-refractivity contribution in [2.75, 3.05) is 19.7 Å². The van der Waals surface area contributed by atoms with E-state index in [-0.39, 0.29) is 24.5 Å². The average molecular weight is 431 g/mol. The van der Waals surface area contributed by atoms with Crippen LogP contribution in [0.25, 0.3) is 0 Å². The van der Waals surface area contributed by atoms with Crippen LogP contribution in [0.2, 0.25) is 0 Å². The zero-order valence-corrected chi connectivity index (χ0v) is 16.9. The molecule has 0 bridgehead atoms. The van der Waals surface area contributed by atoms with E-state index in [2.05, 4.69) is 21.2 Å². The molecule has 1 aliphatic rings. The summed E-state index contributed by atoms with van der Waals surface area (Å²) in [5.41, 5.74) is 1.79. The van der Waals surface area contributed by atoms with Crippen molar-refractivity contribution in [2.24, 2.45) is 0 Å². The molecule has 0 unspecified atom stereocenters. The molecular weight excluding hydrogens is 408 g/mol. The number of aryl methyl sites for hydroxylation is 1. The van der Waals surface area contributed by atoms with Crippen LogP contribution in [0.1, 0.15) is 28.8 Å². The predicted molar refractivity (Wildman–Crippen MR) is 108 cm³/mol. The summed E-state index contributed by atoms with van der Waals surface area (Å²) >= 11 is 3.45. The highest BCUT2D eigenvalue weighted by Gasteiger charge is 2.24. The van der Waals surface area contributed by atoms with E-state index < -0.39 is 0 Å². The molecule has 6 heteroatoms. The van der Waals surface area contributed by atoms with Gasteiger partial charge in [-0.3, -0.25) is 9.59 Å². The second kappa shape index (κ2) is 9.04. The number of piperidine rings is 1. The maximum absolute atomic E-state index is 12.4. The van der Waals surface area contributed by atoms with Gasteiger partial charge in [0.25, 0.3) is 11.8 Å². The van der Waals surface area contributed by atoms with Gasteiger partial charge >= 0.3 is 0 Å². The Kier molecular flexibility index (Phi) is 6.50. The lowest BCUT2D eigenvalue weighted by atomic mass is 10.0. The van der Waals surface area contributed by atoms with Gasteiger partial charge in [0.2, 0.25) is 0 Å². The molecule has 1 fully saturated rings. The fourth-order valence-corrected chi connectivity index (χ4v) is 3.69. The lowest BCUT2D eigenvalue weighted by Gasteiger charge is -2.32. The molecule has 2 aromatic carbocycles. The van der Waals surface area contributed by atoms with Gasteiger partial charge < -0.3 is 15.0 Å². The van der Waals surface area contributed by atoms with Gasteiger partial charge in [0.1, 0.15) is 5.75 Å². The highest BCUT2D eigenvalue weighted by atomic mass is 79.9. The number of benzene rings is 2. The van der Waals surface area contributed by atoms with Crippen molar-refractivity contribution in [1.29, 1.82) is 0 Å². The Bertz CT molecular complexity index is 802. The minimum Gasteiger partial charge on any atom is -0.483 e. The first kappa shape index (κ1) is 19.4. The Morgan fingerprint density at radius 2 is 1.85 bits per heavy atom. The number of hydrogen-bond acceptors (Lipinski definition) is 3. The van der Waals surface area contributed by atoms with Crippen LogP contribution in [0.3, 0.4) is 0 Å². The van der Waals surface area contributed by atoms with E-state index in [1.165, 1.54) is 0 Å². The van der Waals surface area contributed by atoms with Crippen LogP contribution in [0.15, 0.2) is 53.0 Å². The maximum Gasteiger partial charge on any atom is 0.260 e. The molecule has 3 rings (SSSR count). The topological polar surface area (TPSA) is 58.6 Å². The van der Waals surface area contributed by atoms with Gasteiger partial charge in [0, 0.05) is 24.7 Å². The summed E-state index contributed by atoms with van der Waals surface area (Å²) in [5.74, 6) is 0.571. The first-order chi connectivity index (χ1) is 13.0. The Hall–Kier alpha value is -2.34. The zero-order valence-electron chi connectivity index (χ0n) is 15.3. The van der Waals surface area contributed by atoms with Crippen molar-refractivity contribution in [1.82, 2.24) is 10.2 Å². The fraction of sp³-hybridized carbons (Fsp3) is 0.333. The molecule has 0 aliphatic carbocycles. The Labute approximate surface area is 167 Å². The largest absolute Gasteiger partial charge is 0.483 e. The van der Waals surface area contributed by atoms with E-state index in [4.69, 9.17) is 4.74 Å². The van der Waals surface area contributed by atoms with Crippen molar-refractivity contribution in [3.8, 4) is 5.75 Å². The lowest BCUT2D eigenvalue weighted by Crippen LogP contribution is -2.47. The fourth-order valence-electron chi connectivity index (χ4n) is 3.09. The summed E-state index contributed by atoms with van der Waals surface area (Å²) in [7, 11) is 0. The highest BCUT2D eigenvalue weighted by molar-refractivity contribution is 9.10. The molecule has 0 aromatic heterocycles. The summed E-state index contributed by atoms with van der Waals surface area (Å²) < 4.78 is 6.49. The third-order valence-corrected chi connectivity index (χ3v) is 5.28. The van der Waals surface area contributed by atoms with E-state index >= 15 is 0 Å². The van der Waals surface area contributed by atoms with Gasteiger partial charge in [-0.15, -0.1) is 0 Å². The van der Waals surface area contributed by atoms with Crippen LogP contribution >= 0.6 is 15.9 Å². The molecule has 0 radical (unpaired) electrons. The molecular formula is C21H23BrN2O3. The van der Waals surface area contributed by atoms with Crippen molar-refractivity contribution in [3.63, 3.8) is 0 Å². The molecule has 1 saturated heterocycles. The Balaban J connectivity index is 1.44. The van der Waals surface area contributed by atoms with Crippen LogP contribution in [-0.2, 0) is 4.79 Å². The quantitative estimate of drug-likeness (QED) is 0.788. The second-order valence-corrected chi connectivity index (χ2v) is 7.57. The summed E-state index contributed by atoms with van der Waals surface area (Å²) in [5, 5.41) is 3.05. The number of nitrogens with zero attached hydrogens (tertiary/aromatic N) is 1. The number of carbonyl (C=O) groups excluding carboxylic acids is 2. The van der Waals surface area contributed by atoms with Gasteiger partial charge in [-0.1, -0.05) is 24.3 Å². The summed E-state index contributed by atoms with van der Waals surface area (Å²) in [4.78, 5) is 26.4. The molecule has 0 spiro atoms. The standard InChI is InChI=1S/C21H23BrN2O3/c1-15-7-8-19(18(22)13-15)27-14-20(25)24-11-9-17(10-12-24)23-21(26)16-5-3-2-4-6-16/h2-8,13,17H,9-12,14H2,1H3,(H,23,26). The van der Waals surface area contributed by atoms with Crippen molar-refractivity contribution >= 4 is 27.7 Å². The second-order valence-electron chi connectivity index (χ2n) is 6.72. The molecule has 5 nitrogen and oxygen atoms in total. The molecule has 1 N–H and O–H groups in total. The molecule has 2 amide bonds. The van der Waals surface area contributed by atoms with E-state index in [1.54, 1.807) is 17.0 Å². The number of rotatable bonds is 5. The molecule has 1 heterocycles. The number of amides is 2. The van der Waals surface area contributed by atoms with E-state index in [0.29, 0.717) is 24.4 Å². The smallest absolute Gasteiger partial charge is 0.260 e. The summed E-state index contributed by atoms with van der Waals surface area (Å²) in [6, 6.07) is 15.0. The van der Waals surface area contributed by atoms with Crippen LogP contribution < -0.4 is 10.1 Å². The number of halogens is 1. The minimum atomic E-state index is -0.0621. The van der Waals surface area contributed by atoms with Crippen LogP contribution in [-0.4, -0.2) is 42.5 Å². The number of ether oxygens (including phenoxy) is 1. The van der Waals surface area contributed by atoms with Crippen molar-refractivity contribution in [3.05, 3.63) is 64.1 Å². The van der Waals surface area contributed by atoms with Gasteiger partial charge in [0.05, 0.1) is 4.47 Å². The third-order valence-electron chi connectivity index (χ3n) is 4.66. The Morgan fingerprint density at radius 3 is 2.52 bits per heavy atom. The monoisotopic (exact) mass is 430 g/mol. The molecule has 2 aromatic rings. The zero-order chi connectivity index (χ0) is 19.2. The number of likely N-dealkylation sites (tertiary alicyclic amines) is 1. The van der Waals surface area contributed by atoms with Gasteiger partial charge in [-0.05, 0) is 65.5 Å². The summed E-state index contributed by atoms with van der Waals surface area (Å²) in [6.07, 6.45) is 1.50. The molecule has 0 atom stereocenters. The van der Waals surface area contributed by atoms with E-state index in [1.807, 2.05) is 43.3 Å². The number of nitrogens with one attached hydrogen (secondary N) is 1. The first-order valence-corrected chi connectivity index (χ1v) is 9.85.